The summed E-state index contributed by atoms with van der Waals surface area (Å²) in [5.74, 6) is 2.09. The lowest BCUT2D eigenvalue weighted by Crippen LogP contribution is -2.54. The van der Waals surface area contributed by atoms with Crippen molar-refractivity contribution in [3.8, 4) is 29.6 Å². The number of nitrogens with zero attached hydrogens (tertiary/aromatic N) is 1. The van der Waals surface area contributed by atoms with Gasteiger partial charge in [0.2, 0.25) is 0 Å². The maximum Gasteiger partial charge on any atom is 0.335 e. The van der Waals surface area contributed by atoms with Gasteiger partial charge in [0.05, 0.1) is 17.3 Å². The zero-order valence-corrected chi connectivity index (χ0v) is 21.3. The van der Waals surface area contributed by atoms with E-state index in [9.17, 15) is 14.4 Å². The van der Waals surface area contributed by atoms with E-state index < -0.39 is 17.8 Å². The molecule has 1 aliphatic rings. The first-order valence-corrected chi connectivity index (χ1v) is 11.8. The van der Waals surface area contributed by atoms with E-state index in [1.807, 2.05) is 30.3 Å². The van der Waals surface area contributed by atoms with Gasteiger partial charge in [-0.25, -0.2) is 9.69 Å². The van der Waals surface area contributed by atoms with Crippen molar-refractivity contribution in [2.75, 3.05) is 18.6 Å². The van der Waals surface area contributed by atoms with Crippen molar-refractivity contribution in [2.24, 2.45) is 0 Å². The van der Waals surface area contributed by atoms with Crippen molar-refractivity contribution >= 4 is 45.5 Å². The number of urea groups is 1. The van der Waals surface area contributed by atoms with Gasteiger partial charge >= 0.3 is 6.03 Å². The number of anilines is 1. The number of hydrogen-bond acceptors (Lipinski definition) is 6. The molecule has 1 heterocycles. The van der Waals surface area contributed by atoms with E-state index in [-0.39, 0.29) is 17.9 Å². The summed E-state index contributed by atoms with van der Waals surface area (Å²) in [6.07, 6.45) is 6.63. The molecule has 8 nitrogen and oxygen atoms in total. The van der Waals surface area contributed by atoms with E-state index in [0.717, 1.165) is 10.5 Å². The van der Waals surface area contributed by atoms with Gasteiger partial charge in [-0.3, -0.25) is 14.9 Å². The van der Waals surface area contributed by atoms with Crippen molar-refractivity contribution in [3.63, 3.8) is 0 Å². The molecule has 4 amide bonds. The Kier molecular flexibility index (Phi) is 7.91. The number of amides is 4. The van der Waals surface area contributed by atoms with Gasteiger partial charge in [-0.1, -0.05) is 36.3 Å². The minimum atomic E-state index is -0.845. The number of rotatable bonds is 8. The fourth-order valence-electron chi connectivity index (χ4n) is 3.57. The number of benzene rings is 3. The highest BCUT2D eigenvalue weighted by Crippen LogP contribution is 2.37. The maximum atomic E-state index is 13.2. The van der Waals surface area contributed by atoms with Gasteiger partial charge in [0.15, 0.2) is 11.5 Å². The maximum absolute atomic E-state index is 13.2. The Morgan fingerprint density at radius 1 is 1.03 bits per heavy atom. The van der Waals surface area contributed by atoms with Crippen molar-refractivity contribution in [2.45, 2.75) is 6.61 Å². The van der Waals surface area contributed by atoms with Crippen LogP contribution in [0, 0.1) is 12.3 Å². The summed E-state index contributed by atoms with van der Waals surface area (Å²) >= 11 is 3.39. The first-order chi connectivity index (χ1) is 17.9. The summed E-state index contributed by atoms with van der Waals surface area (Å²) in [6, 6.07) is 18.5. The van der Waals surface area contributed by atoms with Gasteiger partial charge in [-0.05, 0) is 69.5 Å². The van der Waals surface area contributed by atoms with Gasteiger partial charge in [-0.2, -0.15) is 0 Å². The van der Waals surface area contributed by atoms with Crippen molar-refractivity contribution < 1.29 is 28.6 Å². The summed E-state index contributed by atoms with van der Waals surface area (Å²) in [4.78, 5) is 39.3. The number of barbiturate groups is 1. The molecule has 4 rings (SSSR count). The van der Waals surface area contributed by atoms with E-state index >= 15 is 0 Å². The smallest absolute Gasteiger partial charge is 0.335 e. The number of carbonyl (C=O) groups excluding carboxylic acids is 3. The molecule has 0 aromatic heterocycles. The molecular weight excluding hydrogens is 540 g/mol. The van der Waals surface area contributed by atoms with Crippen LogP contribution in [-0.4, -0.2) is 31.6 Å². The summed E-state index contributed by atoms with van der Waals surface area (Å²) < 4.78 is 17.1. The van der Waals surface area contributed by atoms with Crippen LogP contribution in [0.2, 0.25) is 0 Å². The minimum Gasteiger partial charge on any atom is -0.493 e. The molecule has 3 aromatic rings. The lowest BCUT2D eigenvalue weighted by atomic mass is 10.1. The molecule has 0 aliphatic carbocycles. The molecule has 186 valence electrons. The highest BCUT2D eigenvalue weighted by atomic mass is 79.9. The Morgan fingerprint density at radius 3 is 2.43 bits per heavy atom. The minimum absolute atomic E-state index is 0.0312. The van der Waals surface area contributed by atoms with Crippen LogP contribution in [0.4, 0.5) is 10.5 Å². The molecule has 9 heteroatoms. The molecule has 0 saturated carbocycles. The standard InChI is InChI=1S/C28H21BrN2O6/c1-3-13-36-25-23(29)15-19(16-24(25)35-2)14-22-26(32)30-28(34)31(27(22)33)20-9-11-21(12-10-20)37-17-18-7-5-4-6-8-18/h1,4-12,14-16H,13,17H2,2H3,(H,30,32,34)/b22-14+. The average Bonchev–Trinajstić information content (AvgIpc) is 2.90. The lowest BCUT2D eigenvalue weighted by molar-refractivity contribution is -0.122. The second kappa shape index (κ2) is 11.5. The summed E-state index contributed by atoms with van der Waals surface area (Å²) in [6.45, 7) is 0.403. The molecule has 0 spiro atoms. The van der Waals surface area contributed by atoms with E-state index in [4.69, 9.17) is 20.6 Å². The number of ether oxygens (including phenoxy) is 3. The highest BCUT2D eigenvalue weighted by Gasteiger charge is 2.37. The van der Waals surface area contributed by atoms with Gasteiger partial charge in [0.25, 0.3) is 11.8 Å². The first-order valence-electron chi connectivity index (χ1n) is 11.0. The van der Waals surface area contributed by atoms with E-state index in [0.29, 0.717) is 33.9 Å². The number of carbonyl (C=O) groups is 3. The second-order valence-corrected chi connectivity index (χ2v) is 8.61. The molecule has 0 atom stereocenters. The Balaban J connectivity index is 1.57. The van der Waals surface area contributed by atoms with Crippen molar-refractivity contribution in [3.05, 3.63) is 87.9 Å². The van der Waals surface area contributed by atoms with Crippen molar-refractivity contribution in [1.29, 1.82) is 0 Å². The van der Waals surface area contributed by atoms with E-state index in [2.05, 4.69) is 27.2 Å². The second-order valence-electron chi connectivity index (χ2n) is 7.75. The number of imide groups is 2. The Hall–Kier alpha value is -4.55. The lowest BCUT2D eigenvalue weighted by Gasteiger charge is -2.26. The third-order valence-electron chi connectivity index (χ3n) is 5.31. The van der Waals surface area contributed by atoms with Crippen LogP contribution in [0.1, 0.15) is 11.1 Å². The zero-order valence-electron chi connectivity index (χ0n) is 19.7. The predicted octanol–water partition coefficient (Wildman–Crippen LogP) is 4.72. The van der Waals surface area contributed by atoms with Crippen LogP contribution < -0.4 is 24.4 Å². The number of hydrogen-bond donors (Lipinski definition) is 1. The Bertz CT molecular complexity index is 1410. The molecule has 0 radical (unpaired) electrons. The number of halogens is 1. The normalized spacial score (nSPS) is 14.2. The topological polar surface area (TPSA) is 94.2 Å². The third kappa shape index (κ3) is 5.82. The molecule has 1 N–H and O–H groups in total. The van der Waals surface area contributed by atoms with Crippen LogP contribution in [0.25, 0.3) is 6.08 Å². The highest BCUT2D eigenvalue weighted by molar-refractivity contribution is 9.10. The number of nitrogens with one attached hydrogen (secondary N) is 1. The molecule has 37 heavy (non-hydrogen) atoms. The molecule has 3 aromatic carbocycles. The third-order valence-corrected chi connectivity index (χ3v) is 5.90. The molecule has 1 aliphatic heterocycles. The van der Waals surface area contributed by atoms with E-state index in [1.54, 1.807) is 36.4 Å². The van der Waals surface area contributed by atoms with Gasteiger partial charge in [0.1, 0.15) is 24.5 Å². The Labute approximate surface area is 222 Å². The zero-order chi connectivity index (χ0) is 26.4. The van der Waals surface area contributed by atoms with Crippen LogP contribution in [0.3, 0.4) is 0 Å². The molecular formula is C28H21BrN2O6. The van der Waals surface area contributed by atoms with Gasteiger partial charge in [0, 0.05) is 0 Å². The quantitative estimate of drug-likeness (QED) is 0.243. The average molecular weight is 561 g/mol. The van der Waals surface area contributed by atoms with Crippen LogP contribution in [0.5, 0.6) is 17.2 Å². The fraction of sp³-hybridized carbons (Fsp3) is 0.107. The molecule has 1 saturated heterocycles. The SMILES string of the molecule is C#CCOc1c(Br)cc(/C=C2\C(=O)NC(=O)N(c3ccc(OCc4ccccc4)cc3)C2=O)cc1OC. The predicted molar refractivity (Wildman–Crippen MR) is 141 cm³/mol. The Morgan fingerprint density at radius 2 is 1.76 bits per heavy atom. The molecule has 1 fully saturated rings. The first kappa shape index (κ1) is 25.5. The van der Waals surface area contributed by atoms with Crippen molar-refractivity contribution in [1.82, 2.24) is 5.32 Å². The molecule has 0 unspecified atom stereocenters. The number of methoxy groups -OCH3 is 1. The summed E-state index contributed by atoms with van der Waals surface area (Å²) in [7, 11) is 1.45. The summed E-state index contributed by atoms with van der Waals surface area (Å²) in [5, 5.41) is 2.21. The molecule has 0 bridgehead atoms. The van der Waals surface area contributed by atoms with E-state index in [1.165, 1.54) is 13.2 Å². The fourth-order valence-corrected chi connectivity index (χ4v) is 4.14. The van der Waals surface area contributed by atoms with Crippen LogP contribution >= 0.6 is 15.9 Å². The van der Waals surface area contributed by atoms with Crippen LogP contribution in [0.15, 0.2) is 76.8 Å². The number of terminal acetylenes is 1. The van der Waals surface area contributed by atoms with Gasteiger partial charge in [-0.15, -0.1) is 6.42 Å². The summed E-state index contributed by atoms with van der Waals surface area (Å²) in [5.41, 5.74) is 1.53. The van der Waals surface area contributed by atoms with Gasteiger partial charge < -0.3 is 14.2 Å². The van der Waals surface area contributed by atoms with Crippen LogP contribution in [-0.2, 0) is 16.2 Å². The largest absolute Gasteiger partial charge is 0.493 e. The monoisotopic (exact) mass is 560 g/mol.